The number of H-pyrrole nitrogens is 1. The summed E-state index contributed by atoms with van der Waals surface area (Å²) in [6.07, 6.45) is -1.31. The van der Waals surface area contributed by atoms with Gasteiger partial charge in [0.2, 0.25) is 5.95 Å². The van der Waals surface area contributed by atoms with Crippen LogP contribution >= 0.6 is 0 Å². The third-order valence-corrected chi connectivity index (χ3v) is 5.03. The molecule has 1 aliphatic rings. The Bertz CT molecular complexity index is 925. The van der Waals surface area contributed by atoms with Crippen LogP contribution in [0.15, 0.2) is 36.5 Å². The van der Waals surface area contributed by atoms with Gasteiger partial charge in [0.15, 0.2) is 0 Å². The standard InChI is InChI=1S/C19H20F3N5/c1-27-8-6-12(7-9-27)13-2-4-15-16(10-13)25-18(24-15)26-17-5-3-14(11-23-17)19(20,21)22/h2-5,10-12H,6-9H2,1H3,(H2,23,24,25,26). The van der Waals surface area contributed by atoms with Gasteiger partial charge in [-0.1, -0.05) is 6.07 Å². The molecule has 2 aromatic heterocycles. The van der Waals surface area contributed by atoms with E-state index in [2.05, 4.69) is 44.3 Å². The zero-order valence-corrected chi connectivity index (χ0v) is 14.8. The summed E-state index contributed by atoms with van der Waals surface area (Å²) >= 11 is 0. The average molecular weight is 375 g/mol. The van der Waals surface area contributed by atoms with Crippen LogP contribution in [0, 0.1) is 0 Å². The molecule has 0 amide bonds. The Kier molecular flexibility index (Phi) is 4.51. The van der Waals surface area contributed by atoms with E-state index in [9.17, 15) is 13.2 Å². The van der Waals surface area contributed by atoms with Crippen LogP contribution in [0.3, 0.4) is 0 Å². The monoisotopic (exact) mass is 375 g/mol. The van der Waals surface area contributed by atoms with Gasteiger partial charge in [-0.3, -0.25) is 0 Å². The highest BCUT2D eigenvalue weighted by Gasteiger charge is 2.30. The number of benzene rings is 1. The summed E-state index contributed by atoms with van der Waals surface area (Å²) in [6, 6.07) is 8.49. The van der Waals surface area contributed by atoms with Crippen molar-refractivity contribution in [2.45, 2.75) is 24.9 Å². The summed E-state index contributed by atoms with van der Waals surface area (Å²) in [4.78, 5) is 13.8. The van der Waals surface area contributed by atoms with Gasteiger partial charge in [0, 0.05) is 6.20 Å². The van der Waals surface area contributed by atoms with Gasteiger partial charge >= 0.3 is 6.18 Å². The molecule has 2 N–H and O–H groups in total. The number of fused-ring (bicyclic) bond motifs is 1. The summed E-state index contributed by atoms with van der Waals surface area (Å²) in [5.41, 5.74) is 2.22. The van der Waals surface area contributed by atoms with Crippen LogP contribution in [-0.2, 0) is 6.18 Å². The molecule has 0 saturated carbocycles. The topological polar surface area (TPSA) is 56.8 Å². The number of nitrogens with one attached hydrogen (secondary N) is 2. The maximum atomic E-state index is 12.6. The second-order valence-corrected chi connectivity index (χ2v) is 6.99. The van der Waals surface area contributed by atoms with Crippen molar-refractivity contribution in [2.75, 3.05) is 25.5 Å². The van der Waals surface area contributed by atoms with Crippen LogP contribution in [0.1, 0.15) is 29.9 Å². The van der Waals surface area contributed by atoms with E-state index in [4.69, 9.17) is 0 Å². The van der Waals surface area contributed by atoms with Crippen LogP contribution in [0.4, 0.5) is 24.9 Å². The van der Waals surface area contributed by atoms with Crippen molar-refractivity contribution >= 4 is 22.8 Å². The molecule has 1 saturated heterocycles. The molecular formula is C19H20F3N5. The predicted molar refractivity (Wildman–Crippen MR) is 98.1 cm³/mol. The molecule has 27 heavy (non-hydrogen) atoms. The van der Waals surface area contributed by atoms with E-state index in [1.165, 1.54) is 11.6 Å². The first-order valence-electron chi connectivity index (χ1n) is 8.87. The summed E-state index contributed by atoms with van der Waals surface area (Å²) in [5, 5.41) is 2.93. The largest absolute Gasteiger partial charge is 0.417 e. The zero-order chi connectivity index (χ0) is 19.0. The summed E-state index contributed by atoms with van der Waals surface area (Å²) in [6.45, 7) is 2.19. The Morgan fingerprint density at radius 2 is 1.93 bits per heavy atom. The lowest BCUT2D eigenvalue weighted by atomic mass is 9.89. The minimum absolute atomic E-state index is 0.303. The van der Waals surface area contributed by atoms with Crippen LogP contribution in [0.2, 0.25) is 0 Å². The Morgan fingerprint density at radius 3 is 2.59 bits per heavy atom. The predicted octanol–water partition coefficient (Wildman–Crippen LogP) is 4.53. The molecule has 4 rings (SSSR count). The van der Waals surface area contributed by atoms with E-state index in [1.807, 2.05) is 6.07 Å². The van der Waals surface area contributed by atoms with Gasteiger partial charge in [-0.25, -0.2) is 9.97 Å². The quantitative estimate of drug-likeness (QED) is 0.706. The number of halogens is 3. The average Bonchev–Trinajstić information content (AvgIpc) is 3.03. The normalized spacial score (nSPS) is 16.7. The number of hydrogen-bond acceptors (Lipinski definition) is 4. The number of imidazole rings is 1. The van der Waals surface area contributed by atoms with Crippen LogP contribution < -0.4 is 5.32 Å². The molecule has 0 unspecified atom stereocenters. The molecule has 8 heteroatoms. The van der Waals surface area contributed by atoms with E-state index in [-0.39, 0.29) is 0 Å². The number of nitrogens with zero attached hydrogens (tertiary/aromatic N) is 3. The summed E-state index contributed by atoms with van der Waals surface area (Å²) in [7, 11) is 2.14. The van der Waals surface area contributed by atoms with Gasteiger partial charge < -0.3 is 15.2 Å². The SMILES string of the molecule is CN1CCC(c2ccc3nc(Nc4ccc(C(F)(F)F)cn4)[nH]c3c2)CC1. The fourth-order valence-corrected chi connectivity index (χ4v) is 3.44. The smallest absolute Gasteiger partial charge is 0.324 e. The highest BCUT2D eigenvalue weighted by Crippen LogP contribution is 2.31. The van der Waals surface area contributed by atoms with E-state index in [1.54, 1.807) is 0 Å². The number of piperidine rings is 1. The van der Waals surface area contributed by atoms with Crippen molar-refractivity contribution in [3.05, 3.63) is 47.7 Å². The molecule has 1 fully saturated rings. The number of rotatable bonds is 3. The fraction of sp³-hybridized carbons (Fsp3) is 0.368. The lowest BCUT2D eigenvalue weighted by molar-refractivity contribution is -0.137. The van der Waals surface area contributed by atoms with Crippen molar-refractivity contribution in [3.63, 3.8) is 0 Å². The maximum absolute atomic E-state index is 12.6. The Labute approximate surface area is 154 Å². The third kappa shape index (κ3) is 3.90. The first-order chi connectivity index (χ1) is 12.9. The second kappa shape index (κ2) is 6.84. The van der Waals surface area contributed by atoms with Gasteiger partial charge in [-0.2, -0.15) is 13.2 Å². The number of alkyl halides is 3. The Balaban J connectivity index is 1.51. The molecule has 0 radical (unpaired) electrons. The zero-order valence-electron chi connectivity index (χ0n) is 14.8. The van der Waals surface area contributed by atoms with Gasteiger partial charge in [-0.15, -0.1) is 0 Å². The molecular weight excluding hydrogens is 355 g/mol. The molecule has 3 heterocycles. The van der Waals surface area contributed by atoms with Gasteiger partial charge in [-0.05, 0) is 68.7 Å². The van der Waals surface area contributed by atoms with E-state index in [0.717, 1.165) is 49.2 Å². The molecule has 0 atom stereocenters. The number of aromatic nitrogens is 3. The molecule has 3 aromatic rings. The number of aromatic amines is 1. The van der Waals surface area contributed by atoms with Crippen molar-refractivity contribution < 1.29 is 13.2 Å². The van der Waals surface area contributed by atoms with Crippen LogP contribution in [0.5, 0.6) is 0 Å². The molecule has 0 bridgehead atoms. The lowest BCUT2D eigenvalue weighted by Crippen LogP contribution is -2.29. The van der Waals surface area contributed by atoms with Crippen molar-refractivity contribution in [2.24, 2.45) is 0 Å². The van der Waals surface area contributed by atoms with Crippen LogP contribution in [0.25, 0.3) is 11.0 Å². The van der Waals surface area contributed by atoms with Crippen LogP contribution in [-0.4, -0.2) is 40.0 Å². The molecule has 142 valence electrons. The Morgan fingerprint density at radius 1 is 1.15 bits per heavy atom. The second-order valence-electron chi connectivity index (χ2n) is 6.99. The van der Waals surface area contributed by atoms with Gasteiger partial charge in [0.1, 0.15) is 5.82 Å². The number of hydrogen-bond donors (Lipinski definition) is 2. The third-order valence-electron chi connectivity index (χ3n) is 5.03. The molecule has 0 spiro atoms. The van der Waals surface area contributed by atoms with Crippen molar-refractivity contribution in [3.8, 4) is 0 Å². The van der Waals surface area contributed by atoms with E-state index < -0.39 is 11.7 Å². The first-order valence-corrected chi connectivity index (χ1v) is 8.87. The number of pyridine rings is 1. The summed E-state index contributed by atoms with van der Waals surface area (Å²) in [5.74, 6) is 1.30. The lowest BCUT2D eigenvalue weighted by Gasteiger charge is -2.29. The van der Waals surface area contributed by atoms with E-state index in [0.29, 0.717) is 17.7 Å². The highest BCUT2D eigenvalue weighted by atomic mass is 19.4. The number of anilines is 2. The maximum Gasteiger partial charge on any atom is 0.417 e. The first kappa shape index (κ1) is 17.8. The van der Waals surface area contributed by atoms with Gasteiger partial charge in [0.25, 0.3) is 0 Å². The summed E-state index contributed by atoms with van der Waals surface area (Å²) < 4.78 is 37.9. The highest BCUT2D eigenvalue weighted by molar-refractivity contribution is 5.79. The number of likely N-dealkylation sites (tertiary alicyclic amines) is 1. The molecule has 5 nitrogen and oxygen atoms in total. The minimum atomic E-state index is -4.39. The van der Waals surface area contributed by atoms with E-state index >= 15 is 0 Å². The minimum Gasteiger partial charge on any atom is -0.324 e. The molecule has 1 aromatic carbocycles. The van der Waals surface area contributed by atoms with Crippen molar-refractivity contribution in [1.29, 1.82) is 0 Å². The van der Waals surface area contributed by atoms with Crippen molar-refractivity contribution in [1.82, 2.24) is 19.9 Å². The Hall–Kier alpha value is -2.61. The van der Waals surface area contributed by atoms with Gasteiger partial charge in [0.05, 0.1) is 16.6 Å². The molecule has 0 aliphatic carbocycles. The molecule has 1 aliphatic heterocycles. The fourth-order valence-electron chi connectivity index (χ4n) is 3.44.